The average Bonchev–Trinajstić information content (AvgIpc) is 2.54. The SMILES string of the molecule is CO[C@H]1CN(C(C)C)[C@H]1C1CCN(C(=O)c2cccnc2C)CC1. The third kappa shape index (κ3) is 3.20. The Labute approximate surface area is 145 Å². The maximum Gasteiger partial charge on any atom is 0.255 e. The molecular weight excluding hydrogens is 302 g/mol. The van der Waals surface area contributed by atoms with Crippen molar-refractivity contribution in [3.8, 4) is 0 Å². The van der Waals surface area contributed by atoms with Crippen LogP contribution in [0.3, 0.4) is 0 Å². The number of aryl methyl sites for hydroxylation is 1. The van der Waals surface area contributed by atoms with E-state index in [-0.39, 0.29) is 5.91 Å². The van der Waals surface area contributed by atoms with Crippen molar-refractivity contribution in [2.24, 2.45) is 5.92 Å². The molecule has 0 spiro atoms. The van der Waals surface area contributed by atoms with Crippen LogP contribution < -0.4 is 0 Å². The number of pyridine rings is 1. The standard InChI is InChI=1S/C19H29N3O2/c1-13(2)22-12-17(24-4)18(22)15-7-10-21(11-8-15)19(23)16-6-5-9-20-14(16)3/h5-6,9,13,15,17-18H,7-8,10-12H2,1-4H3/t17-,18-/m0/s1. The molecule has 2 aliphatic rings. The van der Waals surface area contributed by atoms with Gasteiger partial charge >= 0.3 is 0 Å². The molecule has 0 saturated carbocycles. The van der Waals surface area contributed by atoms with E-state index in [0.717, 1.165) is 43.7 Å². The zero-order valence-electron chi connectivity index (χ0n) is 15.2. The Morgan fingerprint density at radius 1 is 1.33 bits per heavy atom. The minimum absolute atomic E-state index is 0.122. The van der Waals surface area contributed by atoms with Crippen LogP contribution in [-0.4, -0.2) is 65.6 Å². The van der Waals surface area contributed by atoms with Gasteiger partial charge in [0.05, 0.1) is 11.7 Å². The number of carbonyl (C=O) groups is 1. The Morgan fingerprint density at radius 2 is 2.04 bits per heavy atom. The smallest absolute Gasteiger partial charge is 0.255 e. The molecule has 2 saturated heterocycles. The number of carbonyl (C=O) groups excluding carboxylic acids is 1. The minimum atomic E-state index is 0.122. The van der Waals surface area contributed by atoms with Crippen molar-refractivity contribution < 1.29 is 9.53 Å². The summed E-state index contributed by atoms with van der Waals surface area (Å²) in [5, 5.41) is 0. The van der Waals surface area contributed by atoms with Crippen molar-refractivity contribution in [1.29, 1.82) is 0 Å². The van der Waals surface area contributed by atoms with Crippen LogP contribution in [0.25, 0.3) is 0 Å². The number of nitrogens with zero attached hydrogens (tertiary/aromatic N) is 3. The summed E-state index contributed by atoms with van der Waals surface area (Å²) in [5.74, 6) is 0.738. The Morgan fingerprint density at radius 3 is 2.62 bits per heavy atom. The summed E-state index contributed by atoms with van der Waals surface area (Å²) in [6.07, 6.45) is 4.19. The Bertz CT molecular complexity index is 582. The number of amides is 1. The van der Waals surface area contributed by atoms with Gasteiger partial charge in [-0.3, -0.25) is 14.7 Å². The lowest BCUT2D eigenvalue weighted by molar-refractivity contribution is -0.128. The molecule has 5 nitrogen and oxygen atoms in total. The molecular formula is C19H29N3O2. The highest BCUT2D eigenvalue weighted by Gasteiger charge is 2.45. The van der Waals surface area contributed by atoms with Gasteiger partial charge in [-0.2, -0.15) is 0 Å². The second kappa shape index (κ2) is 7.19. The number of hydrogen-bond donors (Lipinski definition) is 0. The van der Waals surface area contributed by atoms with Crippen molar-refractivity contribution >= 4 is 5.91 Å². The van der Waals surface area contributed by atoms with Crippen LogP contribution in [0.4, 0.5) is 0 Å². The molecule has 3 heterocycles. The molecule has 5 heteroatoms. The normalized spacial score (nSPS) is 25.8. The molecule has 1 aromatic heterocycles. The first-order valence-electron chi connectivity index (χ1n) is 9.02. The summed E-state index contributed by atoms with van der Waals surface area (Å²) >= 11 is 0. The van der Waals surface area contributed by atoms with Crippen LogP contribution in [0, 0.1) is 12.8 Å². The number of aromatic nitrogens is 1. The van der Waals surface area contributed by atoms with Crippen LogP contribution in [0.1, 0.15) is 42.7 Å². The van der Waals surface area contributed by atoms with E-state index in [1.54, 1.807) is 6.20 Å². The second-order valence-corrected chi connectivity index (χ2v) is 7.32. The lowest BCUT2D eigenvalue weighted by Gasteiger charge is -2.54. The summed E-state index contributed by atoms with van der Waals surface area (Å²) in [6, 6.07) is 4.78. The van der Waals surface area contributed by atoms with Crippen molar-refractivity contribution in [1.82, 2.24) is 14.8 Å². The molecule has 3 rings (SSSR count). The van der Waals surface area contributed by atoms with Crippen molar-refractivity contribution in [2.45, 2.75) is 51.8 Å². The maximum atomic E-state index is 12.7. The molecule has 2 fully saturated rings. The van der Waals surface area contributed by atoms with Crippen LogP contribution in [-0.2, 0) is 4.74 Å². The van der Waals surface area contributed by atoms with E-state index in [4.69, 9.17) is 4.74 Å². The zero-order chi connectivity index (χ0) is 17.3. The van der Waals surface area contributed by atoms with Gasteiger partial charge in [-0.25, -0.2) is 0 Å². The quantitative estimate of drug-likeness (QED) is 0.850. The summed E-state index contributed by atoms with van der Waals surface area (Å²) in [7, 11) is 1.82. The molecule has 0 aromatic carbocycles. The van der Waals surface area contributed by atoms with Crippen LogP contribution in [0.2, 0.25) is 0 Å². The maximum absolute atomic E-state index is 12.7. The van der Waals surface area contributed by atoms with E-state index in [0.29, 0.717) is 24.1 Å². The topological polar surface area (TPSA) is 45.7 Å². The van der Waals surface area contributed by atoms with Crippen LogP contribution >= 0.6 is 0 Å². The van der Waals surface area contributed by atoms with E-state index in [9.17, 15) is 4.79 Å². The zero-order valence-corrected chi connectivity index (χ0v) is 15.2. The highest BCUT2D eigenvalue weighted by atomic mass is 16.5. The fourth-order valence-corrected chi connectivity index (χ4v) is 4.18. The van der Waals surface area contributed by atoms with Gasteiger partial charge in [0, 0.05) is 50.7 Å². The monoisotopic (exact) mass is 331 g/mol. The van der Waals surface area contributed by atoms with Crippen LogP contribution in [0.15, 0.2) is 18.3 Å². The van der Waals surface area contributed by atoms with Gasteiger partial charge in [-0.1, -0.05) is 0 Å². The number of likely N-dealkylation sites (tertiary alicyclic amines) is 2. The molecule has 2 aliphatic heterocycles. The Balaban J connectivity index is 1.61. The van der Waals surface area contributed by atoms with Crippen LogP contribution in [0.5, 0.6) is 0 Å². The van der Waals surface area contributed by atoms with Crippen molar-refractivity contribution in [3.63, 3.8) is 0 Å². The Hall–Kier alpha value is -1.46. The van der Waals surface area contributed by atoms with Gasteiger partial charge in [-0.05, 0) is 51.7 Å². The van der Waals surface area contributed by atoms with Gasteiger partial charge in [-0.15, -0.1) is 0 Å². The first-order chi connectivity index (χ1) is 11.5. The molecule has 132 valence electrons. The van der Waals surface area contributed by atoms with Gasteiger partial charge in [0.25, 0.3) is 5.91 Å². The van der Waals surface area contributed by atoms with E-state index in [1.165, 1.54) is 0 Å². The molecule has 2 atom stereocenters. The van der Waals surface area contributed by atoms with Gasteiger partial charge in [0.2, 0.25) is 0 Å². The summed E-state index contributed by atoms with van der Waals surface area (Å²) in [4.78, 5) is 21.5. The van der Waals surface area contributed by atoms with E-state index < -0.39 is 0 Å². The Kier molecular flexibility index (Phi) is 5.21. The molecule has 0 unspecified atom stereocenters. The first-order valence-corrected chi connectivity index (χ1v) is 9.02. The highest BCUT2D eigenvalue weighted by molar-refractivity contribution is 5.95. The molecule has 0 aliphatic carbocycles. The van der Waals surface area contributed by atoms with E-state index >= 15 is 0 Å². The molecule has 0 N–H and O–H groups in total. The van der Waals surface area contributed by atoms with E-state index in [2.05, 4.69) is 23.7 Å². The lowest BCUT2D eigenvalue weighted by atomic mass is 9.79. The molecule has 0 radical (unpaired) electrons. The predicted molar refractivity (Wildman–Crippen MR) is 94.0 cm³/mol. The predicted octanol–water partition coefficient (Wildman–Crippen LogP) is 2.35. The lowest BCUT2D eigenvalue weighted by Crippen LogP contribution is -2.66. The van der Waals surface area contributed by atoms with Crippen molar-refractivity contribution in [3.05, 3.63) is 29.6 Å². The molecule has 24 heavy (non-hydrogen) atoms. The number of methoxy groups -OCH3 is 1. The molecule has 1 amide bonds. The fraction of sp³-hybridized carbons (Fsp3) is 0.684. The average molecular weight is 331 g/mol. The fourth-order valence-electron chi connectivity index (χ4n) is 4.18. The molecule has 0 bridgehead atoms. The second-order valence-electron chi connectivity index (χ2n) is 7.32. The summed E-state index contributed by atoms with van der Waals surface area (Å²) < 4.78 is 5.66. The number of rotatable bonds is 4. The van der Waals surface area contributed by atoms with E-state index in [1.807, 2.05) is 31.1 Å². The first kappa shape index (κ1) is 17.4. The van der Waals surface area contributed by atoms with Crippen molar-refractivity contribution in [2.75, 3.05) is 26.7 Å². The third-order valence-electron chi connectivity index (χ3n) is 5.67. The highest BCUT2D eigenvalue weighted by Crippen LogP contribution is 2.35. The van der Waals surface area contributed by atoms with Gasteiger partial charge < -0.3 is 9.64 Å². The van der Waals surface area contributed by atoms with Gasteiger partial charge in [0.1, 0.15) is 0 Å². The third-order valence-corrected chi connectivity index (χ3v) is 5.67. The largest absolute Gasteiger partial charge is 0.378 e. The minimum Gasteiger partial charge on any atom is -0.378 e. The number of hydrogen-bond acceptors (Lipinski definition) is 4. The number of ether oxygens (including phenoxy) is 1. The van der Waals surface area contributed by atoms with Gasteiger partial charge in [0.15, 0.2) is 0 Å². The summed E-state index contributed by atoms with van der Waals surface area (Å²) in [5.41, 5.74) is 1.55. The summed E-state index contributed by atoms with van der Waals surface area (Å²) in [6.45, 7) is 9.10. The number of piperidine rings is 1. The molecule has 1 aromatic rings.